The third-order valence-corrected chi connectivity index (χ3v) is 3.58. The van der Waals surface area contributed by atoms with Crippen LogP contribution in [0, 0.1) is 0 Å². The van der Waals surface area contributed by atoms with Gasteiger partial charge in [-0.2, -0.15) is 0 Å². The molecule has 0 unspecified atom stereocenters. The second-order valence-electron chi connectivity index (χ2n) is 6.10. The zero-order valence-electron chi connectivity index (χ0n) is 12.8. The Kier molecular flexibility index (Phi) is 4.84. The Balaban J connectivity index is 2.22. The zero-order chi connectivity index (χ0) is 14.6. The smallest absolute Gasteiger partial charge is 0.0608 e. The van der Waals surface area contributed by atoms with Crippen LogP contribution in [-0.4, -0.2) is 21.8 Å². The Morgan fingerprint density at radius 1 is 1.25 bits per heavy atom. The highest BCUT2D eigenvalue weighted by Crippen LogP contribution is 2.22. The predicted octanol–water partition coefficient (Wildman–Crippen LogP) is 3.30. The molecule has 0 aliphatic rings. The number of nitrogens with one attached hydrogen (secondary N) is 1. The fourth-order valence-electron chi connectivity index (χ4n) is 2.46. The summed E-state index contributed by atoms with van der Waals surface area (Å²) >= 11 is 0. The zero-order valence-corrected chi connectivity index (χ0v) is 12.8. The molecule has 0 spiro atoms. The summed E-state index contributed by atoms with van der Waals surface area (Å²) in [5.41, 5.74) is 2.00. The second kappa shape index (κ2) is 6.42. The normalized spacial score (nSPS) is 12.2. The maximum absolute atomic E-state index is 9.91. The molecule has 20 heavy (non-hydrogen) atoms. The maximum Gasteiger partial charge on any atom is 0.0608 e. The molecule has 3 nitrogen and oxygen atoms in total. The summed E-state index contributed by atoms with van der Waals surface area (Å²) in [7, 11) is 0. The first kappa shape index (κ1) is 15.1. The second-order valence-corrected chi connectivity index (χ2v) is 6.10. The van der Waals surface area contributed by atoms with Crippen molar-refractivity contribution in [3.8, 4) is 0 Å². The third-order valence-electron chi connectivity index (χ3n) is 3.58. The molecule has 0 aliphatic heterocycles. The number of rotatable bonds is 7. The number of aromatic nitrogens is 1. The summed E-state index contributed by atoms with van der Waals surface area (Å²) in [6.07, 6.45) is 4.03. The van der Waals surface area contributed by atoms with E-state index in [1.54, 1.807) is 0 Å². The highest BCUT2D eigenvalue weighted by molar-refractivity contribution is 5.83. The maximum atomic E-state index is 9.91. The Hall–Kier alpha value is -1.32. The van der Waals surface area contributed by atoms with Crippen LogP contribution in [0.1, 0.15) is 39.2 Å². The minimum Gasteiger partial charge on any atom is -0.390 e. The van der Waals surface area contributed by atoms with Crippen LogP contribution in [0.15, 0.2) is 30.5 Å². The summed E-state index contributed by atoms with van der Waals surface area (Å²) in [4.78, 5) is 0. The molecule has 0 bridgehead atoms. The molecule has 2 N–H and O–H groups in total. The van der Waals surface area contributed by atoms with E-state index in [0.717, 1.165) is 32.5 Å². The molecule has 110 valence electrons. The van der Waals surface area contributed by atoms with Crippen molar-refractivity contribution in [1.82, 2.24) is 9.88 Å². The Morgan fingerprint density at radius 3 is 2.75 bits per heavy atom. The number of aliphatic hydroxyl groups is 1. The first-order chi connectivity index (χ1) is 9.51. The fraction of sp³-hybridized carbons (Fsp3) is 0.529. The van der Waals surface area contributed by atoms with Crippen molar-refractivity contribution in [1.29, 1.82) is 0 Å². The number of nitrogens with zero attached hydrogens (tertiary/aromatic N) is 1. The lowest BCUT2D eigenvalue weighted by Gasteiger charge is -2.18. The molecule has 1 heterocycles. The first-order valence-corrected chi connectivity index (χ1v) is 7.51. The first-order valence-electron chi connectivity index (χ1n) is 7.51. The van der Waals surface area contributed by atoms with Crippen LogP contribution in [-0.2, 0) is 13.1 Å². The minimum absolute atomic E-state index is 0.619. The van der Waals surface area contributed by atoms with Gasteiger partial charge < -0.3 is 15.0 Å². The Bertz CT molecular complexity index is 552. The van der Waals surface area contributed by atoms with Crippen molar-refractivity contribution < 1.29 is 5.11 Å². The lowest BCUT2D eigenvalue weighted by Crippen LogP contribution is -2.21. The monoisotopic (exact) mass is 274 g/mol. The summed E-state index contributed by atoms with van der Waals surface area (Å²) in [6.45, 7) is 8.70. The highest BCUT2D eigenvalue weighted by Gasteiger charge is 2.13. The average Bonchev–Trinajstić information content (AvgIpc) is 2.80. The Labute approximate surface area is 121 Å². The van der Waals surface area contributed by atoms with Gasteiger partial charge in [0.2, 0.25) is 0 Å². The number of fused-ring (bicyclic) bond motifs is 1. The van der Waals surface area contributed by atoms with Crippen LogP contribution in [0.25, 0.3) is 10.9 Å². The van der Waals surface area contributed by atoms with Gasteiger partial charge in [0.15, 0.2) is 0 Å². The molecule has 0 aliphatic carbocycles. The van der Waals surface area contributed by atoms with Gasteiger partial charge in [0, 0.05) is 19.3 Å². The third kappa shape index (κ3) is 3.84. The van der Waals surface area contributed by atoms with E-state index in [1.165, 1.54) is 16.5 Å². The van der Waals surface area contributed by atoms with Gasteiger partial charge in [-0.1, -0.05) is 25.1 Å². The minimum atomic E-state index is -0.619. The summed E-state index contributed by atoms with van der Waals surface area (Å²) in [6, 6.07) is 8.61. The molecular weight excluding hydrogens is 248 g/mol. The van der Waals surface area contributed by atoms with Crippen LogP contribution < -0.4 is 5.32 Å². The largest absolute Gasteiger partial charge is 0.390 e. The quantitative estimate of drug-likeness (QED) is 0.760. The van der Waals surface area contributed by atoms with Gasteiger partial charge in [0.05, 0.1) is 11.1 Å². The molecule has 0 radical (unpaired) electrons. The van der Waals surface area contributed by atoms with Crippen LogP contribution in [0.3, 0.4) is 0 Å². The van der Waals surface area contributed by atoms with E-state index in [9.17, 15) is 5.11 Å². The fourth-order valence-corrected chi connectivity index (χ4v) is 2.46. The van der Waals surface area contributed by atoms with E-state index in [1.807, 2.05) is 13.8 Å². The van der Waals surface area contributed by atoms with Crippen molar-refractivity contribution in [3.63, 3.8) is 0 Å². The molecule has 1 aromatic heterocycles. The number of para-hydroxylation sites is 1. The van der Waals surface area contributed by atoms with Gasteiger partial charge in [-0.15, -0.1) is 0 Å². The van der Waals surface area contributed by atoms with E-state index in [2.05, 4.69) is 47.3 Å². The summed E-state index contributed by atoms with van der Waals surface area (Å²) in [5.74, 6) is 0. The molecule has 2 aromatic rings. The van der Waals surface area contributed by atoms with E-state index >= 15 is 0 Å². The van der Waals surface area contributed by atoms with Gasteiger partial charge in [-0.05, 0) is 50.2 Å². The standard InChI is InChI=1S/C17H26N2O/c1-4-10-18-13-15-7-5-6-14-8-11-19(16(14)15)12-9-17(2,3)20/h5-8,11,18,20H,4,9-10,12-13H2,1-3H3. The van der Waals surface area contributed by atoms with E-state index in [4.69, 9.17) is 0 Å². The summed E-state index contributed by atoms with van der Waals surface area (Å²) < 4.78 is 2.26. The van der Waals surface area contributed by atoms with Gasteiger partial charge in [-0.3, -0.25) is 0 Å². The highest BCUT2D eigenvalue weighted by atomic mass is 16.3. The molecule has 2 rings (SSSR count). The van der Waals surface area contributed by atoms with Gasteiger partial charge in [-0.25, -0.2) is 0 Å². The van der Waals surface area contributed by atoms with E-state index in [-0.39, 0.29) is 0 Å². The lowest BCUT2D eigenvalue weighted by atomic mass is 10.1. The van der Waals surface area contributed by atoms with Gasteiger partial charge in [0.1, 0.15) is 0 Å². The molecule has 1 aromatic carbocycles. The van der Waals surface area contributed by atoms with Crippen LogP contribution in [0.5, 0.6) is 0 Å². The molecule has 0 saturated carbocycles. The lowest BCUT2D eigenvalue weighted by molar-refractivity contribution is 0.0666. The molecule has 0 atom stereocenters. The van der Waals surface area contributed by atoms with Crippen molar-refractivity contribution in [2.24, 2.45) is 0 Å². The van der Waals surface area contributed by atoms with Gasteiger partial charge in [0.25, 0.3) is 0 Å². The van der Waals surface area contributed by atoms with Gasteiger partial charge >= 0.3 is 0 Å². The van der Waals surface area contributed by atoms with Crippen LogP contribution in [0.4, 0.5) is 0 Å². The van der Waals surface area contributed by atoms with Crippen molar-refractivity contribution in [3.05, 3.63) is 36.0 Å². The Morgan fingerprint density at radius 2 is 2.05 bits per heavy atom. The topological polar surface area (TPSA) is 37.2 Å². The van der Waals surface area contributed by atoms with E-state index < -0.39 is 5.60 Å². The molecule has 3 heteroatoms. The van der Waals surface area contributed by atoms with E-state index in [0.29, 0.717) is 0 Å². The molecule has 0 saturated heterocycles. The molecule has 0 fully saturated rings. The number of hydrogen-bond acceptors (Lipinski definition) is 2. The summed E-state index contributed by atoms with van der Waals surface area (Å²) in [5, 5.41) is 14.7. The average molecular weight is 274 g/mol. The molecule has 0 amide bonds. The van der Waals surface area contributed by atoms with Crippen molar-refractivity contribution >= 4 is 10.9 Å². The predicted molar refractivity (Wildman–Crippen MR) is 84.9 cm³/mol. The molecular formula is C17H26N2O. The van der Waals surface area contributed by atoms with Crippen LogP contribution >= 0.6 is 0 Å². The number of hydrogen-bond donors (Lipinski definition) is 2. The van der Waals surface area contributed by atoms with Crippen molar-refractivity contribution in [2.45, 2.75) is 52.3 Å². The number of benzene rings is 1. The number of aryl methyl sites for hydroxylation is 1. The SMILES string of the molecule is CCCNCc1cccc2ccn(CCC(C)(C)O)c12. The van der Waals surface area contributed by atoms with Crippen LogP contribution in [0.2, 0.25) is 0 Å². The van der Waals surface area contributed by atoms with Crippen molar-refractivity contribution in [2.75, 3.05) is 6.54 Å².